The highest BCUT2D eigenvalue weighted by atomic mass is 16.4. The zero-order chi connectivity index (χ0) is 10.6. The minimum atomic E-state index is -0.944. The van der Waals surface area contributed by atoms with E-state index in [0.29, 0.717) is 12.8 Å². The first-order valence-electron chi connectivity index (χ1n) is 4.41. The minimum absolute atomic E-state index is 0.261. The van der Waals surface area contributed by atoms with E-state index in [1.807, 2.05) is 6.92 Å². The molecule has 14 heavy (non-hydrogen) atoms. The SMILES string of the molecule is CC1(CCC=O)C=C(C(=O)O)C=CN1. The molecule has 2 N–H and O–H groups in total. The molecule has 0 saturated heterocycles. The first-order valence-corrected chi connectivity index (χ1v) is 4.41. The van der Waals surface area contributed by atoms with Gasteiger partial charge in [-0.25, -0.2) is 4.79 Å². The van der Waals surface area contributed by atoms with Gasteiger partial charge in [-0.3, -0.25) is 0 Å². The van der Waals surface area contributed by atoms with Crippen molar-refractivity contribution in [2.45, 2.75) is 25.3 Å². The van der Waals surface area contributed by atoms with E-state index in [2.05, 4.69) is 5.32 Å². The van der Waals surface area contributed by atoms with Gasteiger partial charge in [-0.1, -0.05) is 0 Å². The highest BCUT2D eigenvalue weighted by molar-refractivity contribution is 5.90. The van der Waals surface area contributed by atoms with Gasteiger partial charge in [0.1, 0.15) is 6.29 Å². The monoisotopic (exact) mass is 195 g/mol. The summed E-state index contributed by atoms with van der Waals surface area (Å²) in [7, 11) is 0. The van der Waals surface area contributed by atoms with Gasteiger partial charge in [0.15, 0.2) is 0 Å². The highest BCUT2D eigenvalue weighted by Gasteiger charge is 2.23. The molecule has 0 fully saturated rings. The van der Waals surface area contributed by atoms with Gasteiger partial charge in [0.25, 0.3) is 0 Å². The molecule has 4 nitrogen and oxygen atoms in total. The highest BCUT2D eigenvalue weighted by Crippen LogP contribution is 2.19. The maximum Gasteiger partial charge on any atom is 0.335 e. The predicted octanol–water partition coefficient (Wildman–Crippen LogP) is 0.852. The largest absolute Gasteiger partial charge is 0.478 e. The molecule has 76 valence electrons. The van der Waals surface area contributed by atoms with E-state index in [9.17, 15) is 9.59 Å². The van der Waals surface area contributed by atoms with Crippen LogP contribution in [0.3, 0.4) is 0 Å². The number of aldehydes is 1. The number of carbonyl (C=O) groups is 2. The molecule has 1 atom stereocenters. The fourth-order valence-corrected chi connectivity index (χ4v) is 1.39. The summed E-state index contributed by atoms with van der Waals surface area (Å²) in [6, 6.07) is 0. The van der Waals surface area contributed by atoms with E-state index in [0.717, 1.165) is 6.29 Å². The molecule has 0 bridgehead atoms. The quantitative estimate of drug-likeness (QED) is 0.653. The lowest BCUT2D eigenvalue weighted by molar-refractivity contribution is -0.132. The number of rotatable bonds is 4. The van der Waals surface area contributed by atoms with Crippen molar-refractivity contribution in [3.05, 3.63) is 23.9 Å². The van der Waals surface area contributed by atoms with Gasteiger partial charge in [-0.2, -0.15) is 0 Å². The van der Waals surface area contributed by atoms with Crippen LogP contribution in [0.2, 0.25) is 0 Å². The number of nitrogens with one attached hydrogen (secondary N) is 1. The Morgan fingerprint density at radius 2 is 2.43 bits per heavy atom. The summed E-state index contributed by atoms with van der Waals surface area (Å²) < 4.78 is 0. The smallest absolute Gasteiger partial charge is 0.335 e. The molecular formula is C10H13NO3. The number of carboxylic acid groups (broad SMARTS) is 1. The minimum Gasteiger partial charge on any atom is -0.478 e. The van der Waals surface area contributed by atoms with E-state index in [1.165, 1.54) is 6.08 Å². The Balaban J connectivity index is 2.77. The molecule has 0 spiro atoms. The van der Waals surface area contributed by atoms with Crippen molar-refractivity contribution in [1.82, 2.24) is 5.32 Å². The Bertz CT molecular complexity index is 306. The normalized spacial score (nSPS) is 25.1. The van der Waals surface area contributed by atoms with Crippen LogP contribution < -0.4 is 5.32 Å². The molecular weight excluding hydrogens is 182 g/mol. The molecule has 1 aliphatic heterocycles. The van der Waals surface area contributed by atoms with Gasteiger partial charge in [0, 0.05) is 6.42 Å². The zero-order valence-electron chi connectivity index (χ0n) is 7.99. The van der Waals surface area contributed by atoms with Crippen LogP contribution in [0.25, 0.3) is 0 Å². The molecule has 1 unspecified atom stereocenters. The van der Waals surface area contributed by atoms with Crippen LogP contribution in [-0.4, -0.2) is 22.9 Å². The summed E-state index contributed by atoms with van der Waals surface area (Å²) in [6.07, 6.45) is 6.59. The number of dihydropyridines is 1. The summed E-state index contributed by atoms with van der Waals surface area (Å²) in [6.45, 7) is 1.86. The van der Waals surface area contributed by atoms with E-state index < -0.39 is 11.5 Å². The average molecular weight is 195 g/mol. The Labute approximate surface area is 82.3 Å². The second-order valence-electron chi connectivity index (χ2n) is 3.51. The third kappa shape index (κ3) is 2.45. The predicted molar refractivity (Wildman–Crippen MR) is 51.7 cm³/mol. The van der Waals surface area contributed by atoms with Gasteiger partial charge < -0.3 is 15.2 Å². The van der Waals surface area contributed by atoms with Crippen molar-refractivity contribution < 1.29 is 14.7 Å². The molecule has 0 aliphatic carbocycles. The van der Waals surface area contributed by atoms with Gasteiger partial charge >= 0.3 is 5.97 Å². The molecule has 0 saturated carbocycles. The number of carboxylic acids is 1. The van der Waals surface area contributed by atoms with Crippen molar-refractivity contribution in [3.8, 4) is 0 Å². The Hall–Kier alpha value is -1.58. The molecule has 0 aromatic heterocycles. The van der Waals surface area contributed by atoms with Crippen LogP contribution in [0.15, 0.2) is 23.9 Å². The molecule has 4 heteroatoms. The molecule has 0 amide bonds. The van der Waals surface area contributed by atoms with E-state index in [-0.39, 0.29) is 5.57 Å². The first kappa shape index (κ1) is 10.5. The lowest BCUT2D eigenvalue weighted by Gasteiger charge is -2.29. The Kier molecular flexibility index (Phi) is 3.06. The summed E-state index contributed by atoms with van der Waals surface area (Å²) in [5.74, 6) is -0.944. The van der Waals surface area contributed by atoms with E-state index in [4.69, 9.17) is 5.11 Å². The van der Waals surface area contributed by atoms with Gasteiger partial charge in [0.2, 0.25) is 0 Å². The average Bonchev–Trinajstić information content (AvgIpc) is 2.15. The Morgan fingerprint density at radius 3 is 3.00 bits per heavy atom. The molecule has 0 aromatic rings. The van der Waals surface area contributed by atoms with Crippen molar-refractivity contribution in [3.63, 3.8) is 0 Å². The van der Waals surface area contributed by atoms with Gasteiger partial charge in [-0.15, -0.1) is 0 Å². The van der Waals surface area contributed by atoms with Crippen molar-refractivity contribution in [2.24, 2.45) is 0 Å². The van der Waals surface area contributed by atoms with Crippen LogP contribution in [0.4, 0.5) is 0 Å². The number of carbonyl (C=O) groups excluding carboxylic acids is 1. The maximum atomic E-state index is 10.7. The zero-order valence-corrected chi connectivity index (χ0v) is 7.99. The molecule has 1 rings (SSSR count). The van der Waals surface area contributed by atoms with Crippen LogP contribution in [0.5, 0.6) is 0 Å². The van der Waals surface area contributed by atoms with E-state index >= 15 is 0 Å². The van der Waals surface area contributed by atoms with Gasteiger partial charge in [-0.05, 0) is 31.7 Å². The van der Waals surface area contributed by atoms with Crippen LogP contribution in [0, 0.1) is 0 Å². The number of aliphatic carboxylic acids is 1. The van der Waals surface area contributed by atoms with Gasteiger partial charge in [0.05, 0.1) is 11.1 Å². The second-order valence-corrected chi connectivity index (χ2v) is 3.51. The molecule has 0 aromatic carbocycles. The number of hydrogen-bond donors (Lipinski definition) is 2. The summed E-state index contributed by atoms with van der Waals surface area (Å²) in [5, 5.41) is 11.8. The van der Waals surface area contributed by atoms with Crippen LogP contribution in [-0.2, 0) is 9.59 Å². The molecule has 0 radical (unpaired) electrons. The van der Waals surface area contributed by atoms with Crippen molar-refractivity contribution >= 4 is 12.3 Å². The molecule has 1 heterocycles. The first-order chi connectivity index (χ1) is 6.57. The molecule has 1 aliphatic rings. The summed E-state index contributed by atoms with van der Waals surface area (Å²) >= 11 is 0. The van der Waals surface area contributed by atoms with Crippen LogP contribution in [0.1, 0.15) is 19.8 Å². The fourth-order valence-electron chi connectivity index (χ4n) is 1.39. The number of hydrogen-bond acceptors (Lipinski definition) is 3. The van der Waals surface area contributed by atoms with Crippen LogP contribution >= 0.6 is 0 Å². The Morgan fingerprint density at radius 1 is 1.71 bits per heavy atom. The fraction of sp³-hybridized carbons (Fsp3) is 0.400. The third-order valence-electron chi connectivity index (χ3n) is 2.18. The second kappa shape index (κ2) is 4.09. The van der Waals surface area contributed by atoms with E-state index in [1.54, 1.807) is 12.3 Å². The topological polar surface area (TPSA) is 66.4 Å². The maximum absolute atomic E-state index is 10.7. The lowest BCUT2D eigenvalue weighted by Crippen LogP contribution is -2.39. The van der Waals surface area contributed by atoms with Crippen molar-refractivity contribution in [1.29, 1.82) is 0 Å². The third-order valence-corrected chi connectivity index (χ3v) is 2.18. The summed E-state index contributed by atoms with van der Waals surface area (Å²) in [5.41, 5.74) is -0.166. The summed E-state index contributed by atoms with van der Waals surface area (Å²) in [4.78, 5) is 20.9. The van der Waals surface area contributed by atoms with Crippen molar-refractivity contribution in [2.75, 3.05) is 0 Å². The standard InChI is InChI=1S/C10H13NO3/c1-10(4-2-6-12)7-8(9(13)14)3-5-11-10/h3,5-7,11H,2,4H2,1H3,(H,13,14). The lowest BCUT2D eigenvalue weighted by atomic mass is 9.91.